The van der Waals surface area contributed by atoms with Crippen molar-refractivity contribution in [1.29, 1.82) is 0 Å². The molecule has 0 radical (unpaired) electrons. The Bertz CT molecular complexity index is 858. The number of carbonyl (C=O) groups is 1. The van der Waals surface area contributed by atoms with Crippen LogP contribution in [0.2, 0.25) is 0 Å². The lowest BCUT2D eigenvalue weighted by molar-refractivity contribution is -0.384. The van der Waals surface area contributed by atoms with Crippen LogP contribution in [0.1, 0.15) is 22.8 Å². The minimum absolute atomic E-state index is 0.124. The van der Waals surface area contributed by atoms with E-state index in [1.807, 2.05) is 0 Å². The van der Waals surface area contributed by atoms with Gasteiger partial charge in [0.2, 0.25) is 5.82 Å². The number of hydrogen-bond donors (Lipinski definition) is 2. The molecule has 8 nitrogen and oxygen atoms in total. The van der Waals surface area contributed by atoms with Crippen LogP contribution in [0.4, 0.5) is 20.3 Å². The number of ether oxygens (including phenoxy) is 1. The second kappa shape index (κ2) is 7.40. The van der Waals surface area contributed by atoms with Crippen molar-refractivity contribution >= 4 is 17.5 Å². The zero-order valence-corrected chi connectivity index (χ0v) is 13.8. The molecule has 10 heteroatoms. The lowest BCUT2D eigenvalue weighted by Crippen LogP contribution is -2.32. The summed E-state index contributed by atoms with van der Waals surface area (Å²) in [4.78, 5) is 25.6. The lowest BCUT2D eigenvalue weighted by atomic mass is 9.95. The van der Waals surface area contributed by atoms with Crippen molar-refractivity contribution in [3.63, 3.8) is 0 Å². The van der Waals surface area contributed by atoms with Crippen LogP contribution in [0.25, 0.3) is 0 Å². The number of nitrogens with one attached hydrogen (secondary N) is 1. The standard InChI is InChI=1S/C16H15F2N3O5/c1-16(23,11-4-3-10(17)6-12(11)18)8-20-14-13(21(24)25)5-9(7-19-14)15(22)26-2/h3-7,23H,8H2,1-2H3,(H,19,20). The van der Waals surface area contributed by atoms with Crippen molar-refractivity contribution in [2.75, 3.05) is 19.0 Å². The Morgan fingerprint density at radius 2 is 2.12 bits per heavy atom. The molecule has 0 saturated carbocycles. The van der Waals surface area contributed by atoms with Gasteiger partial charge in [-0.2, -0.15) is 0 Å². The quantitative estimate of drug-likeness (QED) is 0.458. The van der Waals surface area contributed by atoms with Crippen LogP contribution >= 0.6 is 0 Å². The van der Waals surface area contributed by atoms with Crippen LogP contribution in [0.15, 0.2) is 30.5 Å². The third-order valence-electron chi connectivity index (χ3n) is 3.60. The van der Waals surface area contributed by atoms with Gasteiger partial charge >= 0.3 is 11.7 Å². The summed E-state index contributed by atoms with van der Waals surface area (Å²) in [6, 6.07) is 3.65. The van der Waals surface area contributed by atoms with Crippen LogP contribution in [0, 0.1) is 21.7 Å². The number of anilines is 1. The first kappa shape index (κ1) is 19.2. The summed E-state index contributed by atoms with van der Waals surface area (Å²) in [5.74, 6) is -2.79. The summed E-state index contributed by atoms with van der Waals surface area (Å²) in [6.45, 7) is 0.895. The molecule has 26 heavy (non-hydrogen) atoms. The Balaban J connectivity index is 2.27. The third-order valence-corrected chi connectivity index (χ3v) is 3.60. The fourth-order valence-corrected chi connectivity index (χ4v) is 2.24. The van der Waals surface area contributed by atoms with Crippen molar-refractivity contribution < 1.29 is 28.3 Å². The SMILES string of the molecule is COC(=O)c1cnc(NCC(C)(O)c2ccc(F)cc2F)c([N+](=O)[O-])c1. The third kappa shape index (κ3) is 4.09. The molecule has 1 aromatic heterocycles. The lowest BCUT2D eigenvalue weighted by Gasteiger charge is -2.25. The molecule has 1 heterocycles. The first-order valence-electron chi connectivity index (χ1n) is 7.30. The van der Waals surface area contributed by atoms with Gasteiger partial charge in [-0.15, -0.1) is 0 Å². The van der Waals surface area contributed by atoms with Crippen molar-refractivity contribution in [3.8, 4) is 0 Å². The number of esters is 1. The van der Waals surface area contributed by atoms with E-state index in [1.165, 1.54) is 6.92 Å². The number of aromatic nitrogens is 1. The highest BCUT2D eigenvalue weighted by Gasteiger charge is 2.28. The van der Waals surface area contributed by atoms with Crippen LogP contribution in [-0.2, 0) is 10.3 Å². The van der Waals surface area contributed by atoms with Crippen LogP contribution < -0.4 is 5.32 Å². The Morgan fingerprint density at radius 1 is 1.42 bits per heavy atom. The highest BCUT2D eigenvalue weighted by atomic mass is 19.1. The number of halogens is 2. The van der Waals surface area contributed by atoms with E-state index in [0.717, 1.165) is 31.5 Å². The number of carbonyl (C=O) groups excluding carboxylic acids is 1. The fourth-order valence-electron chi connectivity index (χ4n) is 2.24. The van der Waals surface area contributed by atoms with E-state index in [0.29, 0.717) is 6.07 Å². The molecule has 2 N–H and O–H groups in total. The maximum Gasteiger partial charge on any atom is 0.339 e. The Hall–Kier alpha value is -3.14. The zero-order valence-electron chi connectivity index (χ0n) is 13.8. The fraction of sp³-hybridized carbons (Fsp3) is 0.250. The number of nitro groups is 1. The highest BCUT2D eigenvalue weighted by Crippen LogP contribution is 2.27. The molecule has 0 aliphatic heterocycles. The van der Waals surface area contributed by atoms with Gasteiger partial charge < -0.3 is 15.2 Å². The van der Waals surface area contributed by atoms with E-state index >= 15 is 0 Å². The molecule has 0 saturated heterocycles. The molecule has 1 unspecified atom stereocenters. The van der Waals surface area contributed by atoms with Gasteiger partial charge in [-0.3, -0.25) is 10.1 Å². The molecule has 0 aliphatic carbocycles. The summed E-state index contributed by atoms with van der Waals surface area (Å²) in [5.41, 5.74) is -2.65. The molecule has 0 spiro atoms. The second-order valence-electron chi connectivity index (χ2n) is 5.59. The molecule has 0 amide bonds. The average Bonchev–Trinajstić information content (AvgIpc) is 2.58. The van der Waals surface area contributed by atoms with E-state index in [9.17, 15) is 28.8 Å². The van der Waals surface area contributed by atoms with Gasteiger partial charge in [-0.05, 0) is 13.0 Å². The number of benzene rings is 1. The molecular weight excluding hydrogens is 352 g/mol. The summed E-state index contributed by atoms with van der Waals surface area (Å²) >= 11 is 0. The van der Waals surface area contributed by atoms with E-state index in [4.69, 9.17) is 0 Å². The summed E-state index contributed by atoms with van der Waals surface area (Å²) in [7, 11) is 1.12. The van der Waals surface area contributed by atoms with E-state index in [2.05, 4.69) is 15.0 Å². The monoisotopic (exact) mass is 367 g/mol. The van der Waals surface area contributed by atoms with E-state index in [-0.39, 0.29) is 23.5 Å². The molecule has 1 aromatic carbocycles. The van der Waals surface area contributed by atoms with Gasteiger partial charge in [0.05, 0.1) is 17.6 Å². The van der Waals surface area contributed by atoms with Gasteiger partial charge in [0, 0.05) is 30.4 Å². The van der Waals surface area contributed by atoms with Crippen molar-refractivity contribution in [1.82, 2.24) is 4.98 Å². The number of rotatable bonds is 6. The minimum Gasteiger partial charge on any atom is -0.465 e. The molecule has 2 aromatic rings. The number of nitrogens with zero attached hydrogens (tertiary/aromatic N) is 2. The molecule has 0 aliphatic rings. The minimum atomic E-state index is -1.81. The zero-order chi connectivity index (χ0) is 19.5. The molecule has 138 valence electrons. The number of pyridine rings is 1. The topological polar surface area (TPSA) is 115 Å². The van der Waals surface area contributed by atoms with Gasteiger partial charge in [0.1, 0.15) is 17.2 Å². The Morgan fingerprint density at radius 3 is 2.69 bits per heavy atom. The smallest absolute Gasteiger partial charge is 0.339 e. The molecule has 2 rings (SSSR count). The Kier molecular flexibility index (Phi) is 5.46. The number of aliphatic hydroxyl groups is 1. The predicted molar refractivity (Wildman–Crippen MR) is 86.6 cm³/mol. The summed E-state index contributed by atoms with van der Waals surface area (Å²) < 4.78 is 31.3. The molecular formula is C16H15F2N3O5. The highest BCUT2D eigenvalue weighted by molar-refractivity contribution is 5.90. The maximum absolute atomic E-state index is 13.9. The van der Waals surface area contributed by atoms with Gasteiger partial charge in [0.15, 0.2) is 0 Å². The predicted octanol–water partition coefficient (Wildman–Crippen LogP) is 2.37. The van der Waals surface area contributed by atoms with Crippen molar-refractivity contribution in [2.24, 2.45) is 0 Å². The first-order valence-corrected chi connectivity index (χ1v) is 7.30. The largest absolute Gasteiger partial charge is 0.465 e. The molecule has 0 fully saturated rings. The first-order chi connectivity index (χ1) is 12.2. The van der Waals surface area contributed by atoms with Gasteiger partial charge in [0.25, 0.3) is 0 Å². The van der Waals surface area contributed by atoms with Gasteiger partial charge in [-0.25, -0.2) is 18.6 Å². The summed E-state index contributed by atoms with van der Waals surface area (Å²) in [6.07, 6.45) is 1.06. The summed E-state index contributed by atoms with van der Waals surface area (Å²) in [5, 5.41) is 24.2. The maximum atomic E-state index is 13.9. The van der Waals surface area contributed by atoms with E-state index < -0.39 is 33.8 Å². The van der Waals surface area contributed by atoms with Crippen LogP contribution in [0.3, 0.4) is 0 Å². The van der Waals surface area contributed by atoms with Crippen molar-refractivity contribution in [3.05, 3.63) is 63.3 Å². The van der Waals surface area contributed by atoms with E-state index in [1.54, 1.807) is 0 Å². The van der Waals surface area contributed by atoms with Gasteiger partial charge in [-0.1, -0.05) is 6.07 Å². The normalized spacial score (nSPS) is 13.0. The number of hydrogen-bond acceptors (Lipinski definition) is 7. The average molecular weight is 367 g/mol. The second-order valence-corrected chi connectivity index (χ2v) is 5.59. The molecule has 1 atom stereocenters. The van der Waals surface area contributed by atoms with Crippen molar-refractivity contribution in [2.45, 2.75) is 12.5 Å². The number of methoxy groups -OCH3 is 1. The van der Waals surface area contributed by atoms with Crippen LogP contribution in [0.5, 0.6) is 0 Å². The van der Waals surface area contributed by atoms with Crippen LogP contribution in [-0.4, -0.2) is 34.6 Å². The Labute approximate surface area is 146 Å². The molecule has 0 bridgehead atoms.